The lowest BCUT2D eigenvalue weighted by Gasteiger charge is -2.33. The van der Waals surface area contributed by atoms with Gasteiger partial charge in [0.05, 0.1) is 24.6 Å². The van der Waals surface area contributed by atoms with E-state index in [1.54, 1.807) is 6.07 Å². The smallest absolute Gasteiger partial charge is 0.257 e. The molecular weight excluding hydrogens is 294 g/mol. The van der Waals surface area contributed by atoms with Gasteiger partial charge in [0.25, 0.3) is 5.91 Å². The molecule has 1 amide bonds. The summed E-state index contributed by atoms with van der Waals surface area (Å²) in [6.07, 6.45) is 4.84. The summed E-state index contributed by atoms with van der Waals surface area (Å²) in [5.41, 5.74) is 0.585. The van der Waals surface area contributed by atoms with Crippen molar-refractivity contribution in [1.82, 2.24) is 14.8 Å². The zero-order chi connectivity index (χ0) is 16.4. The molecule has 1 aliphatic heterocycles. The molecule has 0 radical (unpaired) electrons. The van der Waals surface area contributed by atoms with Gasteiger partial charge in [-0.3, -0.25) is 9.69 Å². The highest BCUT2D eigenvalue weighted by Crippen LogP contribution is 2.23. The molecule has 0 bridgehead atoms. The van der Waals surface area contributed by atoms with E-state index in [-0.39, 0.29) is 11.3 Å². The van der Waals surface area contributed by atoms with E-state index in [1.165, 1.54) is 12.5 Å². The lowest BCUT2D eigenvalue weighted by atomic mass is 9.94. The molecule has 0 aliphatic carbocycles. The average molecular weight is 317 g/mol. The molecule has 1 fully saturated rings. The number of hydrogen-bond donors (Lipinski definition) is 0. The van der Waals surface area contributed by atoms with E-state index in [4.69, 9.17) is 8.83 Å². The molecule has 6 heteroatoms. The summed E-state index contributed by atoms with van der Waals surface area (Å²) in [6, 6.07) is 1.70. The van der Waals surface area contributed by atoms with Gasteiger partial charge in [-0.05, 0) is 6.07 Å². The fourth-order valence-corrected chi connectivity index (χ4v) is 2.60. The van der Waals surface area contributed by atoms with E-state index in [0.717, 1.165) is 24.7 Å². The molecule has 2 aromatic heterocycles. The van der Waals surface area contributed by atoms with Gasteiger partial charge >= 0.3 is 0 Å². The molecule has 0 N–H and O–H groups in total. The van der Waals surface area contributed by atoms with Crippen LogP contribution in [0.1, 0.15) is 42.8 Å². The number of carbonyl (C=O) groups excluding carboxylic acids is 1. The number of oxazole rings is 1. The fourth-order valence-electron chi connectivity index (χ4n) is 2.60. The molecular formula is C17H23N3O3. The van der Waals surface area contributed by atoms with Crippen LogP contribution < -0.4 is 0 Å². The summed E-state index contributed by atoms with van der Waals surface area (Å²) in [7, 11) is 0. The Bertz CT molecular complexity index is 647. The molecule has 0 spiro atoms. The van der Waals surface area contributed by atoms with Gasteiger partial charge in [-0.25, -0.2) is 4.98 Å². The minimum Gasteiger partial charge on any atom is -0.472 e. The molecule has 2 aromatic rings. The number of piperazine rings is 1. The predicted octanol–water partition coefficient (Wildman–Crippen LogP) is 2.52. The van der Waals surface area contributed by atoms with Gasteiger partial charge in [0.15, 0.2) is 0 Å². The third-order valence-corrected chi connectivity index (χ3v) is 4.08. The molecule has 3 rings (SSSR count). The molecule has 6 nitrogen and oxygen atoms in total. The number of hydrogen-bond acceptors (Lipinski definition) is 5. The highest BCUT2D eigenvalue weighted by atomic mass is 16.4. The quantitative estimate of drug-likeness (QED) is 0.870. The highest BCUT2D eigenvalue weighted by molar-refractivity contribution is 5.93. The standard InChI is InChI=1S/C17H23N3O3/c1-17(2,3)14-10-18-15(23-14)11-19-5-7-20(8-6-19)16(21)13-4-9-22-12-13/h4,9-10,12H,5-8,11H2,1-3H3. The first-order valence-corrected chi connectivity index (χ1v) is 7.92. The monoisotopic (exact) mass is 317 g/mol. The van der Waals surface area contributed by atoms with Gasteiger partial charge in [-0.15, -0.1) is 0 Å². The Labute approximate surface area is 136 Å². The van der Waals surface area contributed by atoms with E-state index in [2.05, 4.69) is 30.7 Å². The minimum atomic E-state index is -0.0268. The van der Waals surface area contributed by atoms with Crippen molar-refractivity contribution in [2.75, 3.05) is 26.2 Å². The second kappa shape index (κ2) is 6.20. The van der Waals surface area contributed by atoms with Crippen molar-refractivity contribution in [1.29, 1.82) is 0 Å². The lowest BCUT2D eigenvalue weighted by molar-refractivity contribution is 0.0616. The van der Waals surface area contributed by atoms with Gasteiger partial charge in [-0.1, -0.05) is 20.8 Å². The summed E-state index contributed by atoms with van der Waals surface area (Å²) in [6.45, 7) is 10.1. The molecule has 0 saturated carbocycles. The first-order chi connectivity index (χ1) is 10.9. The first-order valence-electron chi connectivity index (χ1n) is 7.92. The average Bonchev–Trinajstić information content (AvgIpc) is 3.18. The number of carbonyl (C=O) groups is 1. The number of furan rings is 1. The van der Waals surface area contributed by atoms with Crippen molar-refractivity contribution in [3.63, 3.8) is 0 Å². The normalized spacial score (nSPS) is 16.7. The van der Waals surface area contributed by atoms with Crippen LogP contribution >= 0.6 is 0 Å². The van der Waals surface area contributed by atoms with E-state index >= 15 is 0 Å². The molecule has 0 aromatic carbocycles. The summed E-state index contributed by atoms with van der Waals surface area (Å²) in [5, 5.41) is 0. The molecule has 23 heavy (non-hydrogen) atoms. The first kappa shape index (κ1) is 15.8. The topological polar surface area (TPSA) is 62.7 Å². The fraction of sp³-hybridized carbons (Fsp3) is 0.529. The number of amides is 1. The lowest BCUT2D eigenvalue weighted by Crippen LogP contribution is -2.48. The third kappa shape index (κ3) is 3.64. The van der Waals surface area contributed by atoms with Crippen LogP contribution in [0, 0.1) is 0 Å². The van der Waals surface area contributed by atoms with Crippen LogP contribution in [-0.2, 0) is 12.0 Å². The van der Waals surface area contributed by atoms with Crippen molar-refractivity contribution in [3.8, 4) is 0 Å². The SMILES string of the molecule is CC(C)(C)c1cnc(CN2CCN(C(=O)c3ccoc3)CC2)o1. The second-order valence-electron chi connectivity index (χ2n) is 6.95. The third-order valence-electron chi connectivity index (χ3n) is 4.08. The Hall–Kier alpha value is -2.08. The number of aromatic nitrogens is 1. The number of nitrogens with zero attached hydrogens (tertiary/aromatic N) is 3. The molecule has 0 unspecified atom stereocenters. The number of rotatable bonds is 3. The van der Waals surface area contributed by atoms with Gasteiger partial charge in [0.2, 0.25) is 5.89 Å². The molecule has 1 saturated heterocycles. The maximum atomic E-state index is 12.3. The Morgan fingerprint density at radius 1 is 1.26 bits per heavy atom. The summed E-state index contributed by atoms with van der Waals surface area (Å²) in [5.74, 6) is 1.68. The second-order valence-corrected chi connectivity index (χ2v) is 6.95. The minimum absolute atomic E-state index is 0.0268. The maximum absolute atomic E-state index is 12.3. The Morgan fingerprint density at radius 3 is 2.57 bits per heavy atom. The van der Waals surface area contributed by atoms with Crippen LogP contribution in [0.15, 0.2) is 33.6 Å². The molecule has 0 atom stereocenters. The zero-order valence-corrected chi connectivity index (χ0v) is 13.9. The highest BCUT2D eigenvalue weighted by Gasteiger charge is 2.24. The van der Waals surface area contributed by atoms with Crippen LogP contribution in [0.25, 0.3) is 0 Å². The van der Waals surface area contributed by atoms with Crippen LogP contribution in [0.5, 0.6) is 0 Å². The van der Waals surface area contributed by atoms with E-state index in [0.29, 0.717) is 25.2 Å². The molecule has 124 valence electrons. The van der Waals surface area contributed by atoms with Crippen molar-refractivity contribution < 1.29 is 13.6 Å². The van der Waals surface area contributed by atoms with E-state index in [9.17, 15) is 4.79 Å². The van der Waals surface area contributed by atoms with Crippen molar-refractivity contribution in [2.45, 2.75) is 32.7 Å². The molecule has 1 aliphatic rings. The summed E-state index contributed by atoms with van der Waals surface area (Å²) in [4.78, 5) is 20.7. The maximum Gasteiger partial charge on any atom is 0.257 e. The Balaban J connectivity index is 1.53. The van der Waals surface area contributed by atoms with Gasteiger partial charge in [0.1, 0.15) is 12.0 Å². The summed E-state index contributed by atoms with van der Waals surface area (Å²) < 4.78 is 10.8. The van der Waals surface area contributed by atoms with Crippen molar-refractivity contribution in [3.05, 3.63) is 42.0 Å². The van der Waals surface area contributed by atoms with Crippen LogP contribution in [0.2, 0.25) is 0 Å². The van der Waals surface area contributed by atoms with Gasteiger partial charge in [-0.2, -0.15) is 0 Å². The predicted molar refractivity (Wildman–Crippen MR) is 85.1 cm³/mol. The Morgan fingerprint density at radius 2 is 2.00 bits per heavy atom. The van der Waals surface area contributed by atoms with Crippen LogP contribution in [0.4, 0.5) is 0 Å². The zero-order valence-electron chi connectivity index (χ0n) is 13.9. The van der Waals surface area contributed by atoms with E-state index in [1.807, 2.05) is 11.1 Å². The summed E-state index contributed by atoms with van der Waals surface area (Å²) >= 11 is 0. The van der Waals surface area contributed by atoms with Crippen molar-refractivity contribution in [2.24, 2.45) is 0 Å². The largest absolute Gasteiger partial charge is 0.472 e. The molecule has 3 heterocycles. The van der Waals surface area contributed by atoms with Gasteiger partial charge in [0, 0.05) is 31.6 Å². The van der Waals surface area contributed by atoms with Gasteiger partial charge < -0.3 is 13.7 Å². The van der Waals surface area contributed by atoms with E-state index < -0.39 is 0 Å². The van der Waals surface area contributed by atoms with Crippen LogP contribution in [-0.4, -0.2) is 46.9 Å². The Kier molecular flexibility index (Phi) is 4.26. The van der Waals surface area contributed by atoms with Crippen molar-refractivity contribution >= 4 is 5.91 Å². The van der Waals surface area contributed by atoms with Crippen LogP contribution in [0.3, 0.4) is 0 Å².